The first kappa shape index (κ1) is 16.6. The molecule has 0 bridgehead atoms. The third-order valence-electron chi connectivity index (χ3n) is 3.86. The van der Waals surface area contributed by atoms with Gasteiger partial charge in [-0.1, -0.05) is 35.0 Å². The molecule has 1 aromatic heterocycles. The monoisotopic (exact) mass is 368 g/mol. The van der Waals surface area contributed by atoms with E-state index in [0.29, 0.717) is 17.8 Å². The van der Waals surface area contributed by atoms with Crippen LogP contribution in [0.1, 0.15) is 37.6 Å². The first-order valence-corrected chi connectivity index (χ1v) is 8.79. The molecular weight excluding hydrogens is 348 g/mol. The Labute approximate surface area is 140 Å². The van der Waals surface area contributed by atoms with E-state index < -0.39 is 0 Å². The van der Waals surface area contributed by atoms with E-state index >= 15 is 0 Å². The predicted molar refractivity (Wildman–Crippen MR) is 93.0 cm³/mol. The molecule has 1 aromatic carbocycles. The summed E-state index contributed by atoms with van der Waals surface area (Å²) in [5, 5.41) is 4.68. The van der Waals surface area contributed by atoms with Gasteiger partial charge in [0.05, 0.1) is 5.69 Å². The van der Waals surface area contributed by atoms with Gasteiger partial charge in [-0.25, -0.2) is 0 Å². The smallest absolute Gasteiger partial charge is 0.0628 e. The van der Waals surface area contributed by atoms with Crippen molar-refractivity contribution in [2.45, 2.75) is 39.2 Å². The molecule has 0 radical (unpaired) electrons. The van der Waals surface area contributed by atoms with Crippen LogP contribution in [0.3, 0.4) is 0 Å². The Bertz CT molecular complexity index is 550. The largest absolute Gasteiger partial charge is 0.270 e. The lowest BCUT2D eigenvalue weighted by molar-refractivity contribution is 0.468. The van der Waals surface area contributed by atoms with Crippen LogP contribution in [0, 0.1) is 5.92 Å². The van der Waals surface area contributed by atoms with Crippen LogP contribution in [0.5, 0.6) is 0 Å². The Morgan fingerprint density at radius 2 is 1.90 bits per heavy atom. The molecule has 0 N–H and O–H groups in total. The summed E-state index contributed by atoms with van der Waals surface area (Å²) in [6.45, 7) is 4.37. The maximum Gasteiger partial charge on any atom is 0.0628 e. The molecule has 0 saturated heterocycles. The Kier molecular flexibility index (Phi) is 6.31. The molecule has 1 heterocycles. The molecule has 0 amide bonds. The van der Waals surface area contributed by atoms with Gasteiger partial charge in [-0.2, -0.15) is 5.10 Å². The second kappa shape index (κ2) is 8.00. The SMILES string of the molecule is CCC(C)n1ccc(CC(CCl)Cc2ccc(Br)cc2)n1. The fourth-order valence-electron chi connectivity index (χ4n) is 2.35. The van der Waals surface area contributed by atoms with Gasteiger partial charge in [0.25, 0.3) is 0 Å². The van der Waals surface area contributed by atoms with Crippen LogP contribution in [0.25, 0.3) is 0 Å². The van der Waals surface area contributed by atoms with Crippen molar-refractivity contribution in [2.75, 3.05) is 5.88 Å². The van der Waals surface area contributed by atoms with E-state index in [1.165, 1.54) is 5.56 Å². The number of aromatic nitrogens is 2. The topological polar surface area (TPSA) is 17.8 Å². The molecule has 21 heavy (non-hydrogen) atoms. The van der Waals surface area contributed by atoms with Crippen LogP contribution < -0.4 is 0 Å². The van der Waals surface area contributed by atoms with Crippen molar-refractivity contribution in [1.29, 1.82) is 0 Å². The summed E-state index contributed by atoms with van der Waals surface area (Å²) >= 11 is 9.62. The van der Waals surface area contributed by atoms with Gasteiger partial charge < -0.3 is 0 Å². The average molecular weight is 370 g/mol. The maximum absolute atomic E-state index is 6.15. The second-order valence-corrected chi connectivity index (χ2v) is 6.82. The minimum atomic E-state index is 0.424. The molecule has 0 fully saturated rings. The summed E-state index contributed by atoms with van der Waals surface area (Å²) in [7, 11) is 0. The van der Waals surface area contributed by atoms with Crippen LogP contribution >= 0.6 is 27.5 Å². The summed E-state index contributed by atoms with van der Waals surface area (Å²) in [5.41, 5.74) is 2.46. The molecule has 2 aromatic rings. The lowest BCUT2D eigenvalue weighted by atomic mass is 9.96. The number of rotatable bonds is 7. The van der Waals surface area contributed by atoms with Crippen molar-refractivity contribution in [3.8, 4) is 0 Å². The van der Waals surface area contributed by atoms with Crippen LogP contribution in [-0.4, -0.2) is 15.7 Å². The first-order valence-electron chi connectivity index (χ1n) is 7.46. The average Bonchev–Trinajstić information content (AvgIpc) is 2.96. The Balaban J connectivity index is 1.98. The minimum absolute atomic E-state index is 0.424. The molecule has 0 saturated carbocycles. The van der Waals surface area contributed by atoms with E-state index in [4.69, 9.17) is 11.6 Å². The zero-order valence-electron chi connectivity index (χ0n) is 12.6. The highest BCUT2D eigenvalue weighted by atomic mass is 79.9. The van der Waals surface area contributed by atoms with Gasteiger partial charge in [0, 0.05) is 22.6 Å². The summed E-state index contributed by atoms with van der Waals surface area (Å²) in [6.07, 6.45) is 5.10. The summed E-state index contributed by atoms with van der Waals surface area (Å²) < 4.78 is 3.17. The van der Waals surface area contributed by atoms with E-state index in [2.05, 4.69) is 76.1 Å². The van der Waals surface area contributed by atoms with Gasteiger partial charge in [-0.05, 0) is 55.9 Å². The van der Waals surface area contributed by atoms with Crippen molar-refractivity contribution < 1.29 is 0 Å². The van der Waals surface area contributed by atoms with Crippen molar-refractivity contribution in [1.82, 2.24) is 9.78 Å². The Morgan fingerprint density at radius 3 is 2.52 bits per heavy atom. The maximum atomic E-state index is 6.15. The van der Waals surface area contributed by atoms with Crippen molar-refractivity contribution in [2.24, 2.45) is 5.92 Å². The third-order valence-corrected chi connectivity index (χ3v) is 4.82. The highest BCUT2D eigenvalue weighted by Crippen LogP contribution is 2.18. The fourth-order valence-corrected chi connectivity index (χ4v) is 2.83. The lowest BCUT2D eigenvalue weighted by Crippen LogP contribution is -2.11. The quantitative estimate of drug-likeness (QED) is 0.609. The number of hydrogen-bond acceptors (Lipinski definition) is 1. The number of alkyl halides is 1. The zero-order chi connectivity index (χ0) is 15.2. The second-order valence-electron chi connectivity index (χ2n) is 5.60. The third kappa shape index (κ3) is 4.86. The van der Waals surface area contributed by atoms with Crippen LogP contribution in [-0.2, 0) is 12.8 Å². The molecule has 0 aliphatic rings. The standard InChI is InChI=1S/C17H22BrClN2/c1-3-13(2)21-9-8-17(20-21)11-15(12-19)10-14-4-6-16(18)7-5-14/h4-9,13,15H,3,10-12H2,1-2H3. The summed E-state index contributed by atoms with van der Waals surface area (Å²) in [6, 6.07) is 11.0. The fraction of sp³-hybridized carbons (Fsp3) is 0.471. The van der Waals surface area contributed by atoms with Gasteiger partial charge in [0.2, 0.25) is 0 Å². The van der Waals surface area contributed by atoms with Gasteiger partial charge in [-0.3, -0.25) is 4.68 Å². The molecule has 2 rings (SSSR count). The molecule has 2 unspecified atom stereocenters. The van der Waals surface area contributed by atoms with Crippen molar-refractivity contribution in [3.05, 3.63) is 52.3 Å². The predicted octanol–water partition coefficient (Wildman–Crippen LogP) is 5.26. The van der Waals surface area contributed by atoms with E-state index in [0.717, 1.165) is 29.4 Å². The summed E-state index contributed by atoms with van der Waals surface area (Å²) in [5.74, 6) is 1.08. The molecule has 0 aliphatic heterocycles. The zero-order valence-corrected chi connectivity index (χ0v) is 14.9. The van der Waals surface area contributed by atoms with E-state index in [9.17, 15) is 0 Å². The van der Waals surface area contributed by atoms with Gasteiger partial charge in [0.1, 0.15) is 0 Å². The van der Waals surface area contributed by atoms with Gasteiger partial charge in [0.15, 0.2) is 0 Å². The molecular formula is C17H22BrClN2. The molecule has 2 nitrogen and oxygen atoms in total. The molecule has 0 spiro atoms. The van der Waals surface area contributed by atoms with Gasteiger partial charge >= 0.3 is 0 Å². The van der Waals surface area contributed by atoms with E-state index in [1.54, 1.807) is 0 Å². The van der Waals surface area contributed by atoms with Crippen molar-refractivity contribution >= 4 is 27.5 Å². The van der Waals surface area contributed by atoms with Crippen LogP contribution in [0.2, 0.25) is 0 Å². The summed E-state index contributed by atoms with van der Waals surface area (Å²) in [4.78, 5) is 0. The Morgan fingerprint density at radius 1 is 1.19 bits per heavy atom. The molecule has 114 valence electrons. The number of halogens is 2. The van der Waals surface area contributed by atoms with Crippen LogP contribution in [0.15, 0.2) is 41.0 Å². The molecule has 0 aliphatic carbocycles. The van der Waals surface area contributed by atoms with E-state index in [-0.39, 0.29) is 0 Å². The number of nitrogens with zero attached hydrogens (tertiary/aromatic N) is 2. The normalized spacial score (nSPS) is 14.1. The molecule has 4 heteroatoms. The first-order chi connectivity index (χ1) is 10.1. The molecule has 2 atom stereocenters. The highest BCUT2D eigenvalue weighted by molar-refractivity contribution is 9.10. The van der Waals surface area contributed by atoms with Crippen LogP contribution in [0.4, 0.5) is 0 Å². The highest BCUT2D eigenvalue weighted by Gasteiger charge is 2.13. The minimum Gasteiger partial charge on any atom is -0.270 e. The van der Waals surface area contributed by atoms with Crippen molar-refractivity contribution in [3.63, 3.8) is 0 Å². The lowest BCUT2D eigenvalue weighted by Gasteiger charge is -2.13. The number of benzene rings is 1. The number of hydrogen-bond donors (Lipinski definition) is 0. The van der Waals surface area contributed by atoms with Gasteiger partial charge in [-0.15, -0.1) is 11.6 Å². The Hall–Kier alpha value is -0.800. The van der Waals surface area contributed by atoms with E-state index in [1.807, 2.05) is 0 Å².